The Morgan fingerprint density at radius 2 is 1.95 bits per heavy atom. The van der Waals surface area contributed by atoms with Crippen LogP contribution < -0.4 is 15.2 Å². The lowest BCUT2D eigenvalue weighted by Gasteiger charge is -2.22. The number of nitrogens with zero attached hydrogens (tertiary/aromatic N) is 1. The quantitative estimate of drug-likeness (QED) is 0.822. The topological polar surface area (TPSA) is 98.9 Å². The summed E-state index contributed by atoms with van der Waals surface area (Å²) in [7, 11) is -3.78. The second-order valence-corrected chi connectivity index (χ2v) is 6.14. The first-order valence-corrected chi connectivity index (χ1v) is 7.57. The molecule has 0 bridgehead atoms. The largest absolute Gasteiger partial charge is 0.486 e. The average Bonchev–Trinajstić information content (AvgIpc) is 2.43. The fraction of sp³-hybridized carbons (Fsp3) is 0.417. The van der Waals surface area contributed by atoms with Crippen molar-refractivity contribution in [2.24, 2.45) is 5.73 Å². The van der Waals surface area contributed by atoms with Gasteiger partial charge in [-0.15, -0.1) is 0 Å². The molecule has 8 heteroatoms. The van der Waals surface area contributed by atoms with E-state index in [0.29, 0.717) is 24.7 Å². The molecule has 2 N–H and O–H groups in total. The molecular formula is C12H16N2O5S. The van der Waals surface area contributed by atoms with Crippen molar-refractivity contribution in [1.29, 1.82) is 0 Å². The highest BCUT2D eigenvalue weighted by molar-refractivity contribution is 7.89. The van der Waals surface area contributed by atoms with Gasteiger partial charge in [-0.3, -0.25) is 4.79 Å². The lowest BCUT2D eigenvalue weighted by molar-refractivity contribution is -0.118. The first kappa shape index (κ1) is 14.6. The van der Waals surface area contributed by atoms with Crippen LogP contribution in [0.1, 0.15) is 6.92 Å². The molecule has 1 aliphatic heterocycles. The van der Waals surface area contributed by atoms with E-state index in [0.717, 1.165) is 4.31 Å². The second-order valence-electron chi connectivity index (χ2n) is 4.20. The van der Waals surface area contributed by atoms with Crippen molar-refractivity contribution < 1.29 is 22.7 Å². The number of benzene rings is 1. The van der Waals surface area contributed by atoms with Gasteiger partial charge in [-0.05, 0) is 12.1 Å². The molecule has 0 fully saturated rings. The zero-order chi connectivity index (χ0) is 14.8. The number of amides is 1. The van der Waals surface area contributed by atoms with Gasteiger partial charge < -0.3 is 15.2 Å². The Balaban J connectivity index is 2.35. The van der Waals surface area contributed by atoms with Crippen molar-refractivity contribution >= 4 is 15.9 Å². The highest BCUT2D eigenvalue weighted by Crippen LogP contribution is 2.33. The van der Waals surface area contributed by atoms with Crippen LogP contribution in [-0.2, 0) is 14.8 Å². The number of fused-ring (bicyclic) bond motifs is 1. The third-order valence-corrected chi connectivity index (χ3v) is 4.75. The Bertz CT molecular complexity index is 614. The molecule has 0 radical (unpaired) electrons. The molecule has 0 aliphatic carbocycles. The molecule has 2 rings (SSSR count). The molecule has 7 nitrogen and oxygen atoms in total. The van der Waals surface area contributed by atoms with Crippen molar-refractivity contribution in [3.05, 3.63) is 18.2 Å². The minimum absolute atomic E-state index is 0.0462. The number of primary amides is 1. The number of carbonyl (C=O) groups is 1. The summed E-state index contributed by atoms with van der Waals surface area (Å²) in [6, 6.07) is 4.36. The number of hydrogen-bond donors (Lipinski definition) is 1. The maximum atomic E-state index is 12.4. The van der Waals surface area contributed by atoms with Crippen molar-refractivity contribution in [1.82, 2.24) is 4.31 Å². The van der Waals surface area contributed by atoms with E-state index in [2.05, 4.69) is 0 Å². The fourth-order valence-corrected chi connectivity index (χ4v) is 3.31. The van der Waals surface area contributed by atoms with Crippen LogP contribution in [0.15, 0.2) is 23.1 Å². The molecule has 0 atom stereocenters. The van der Waals surface area contributed by atoms with Gasteiger partial charge in [0.15, 0.2) is 11.5 Å². The Morgan fingerprint density at radius 3 is 2.55 bits per heavy atom. The highest BCUT2D eigenvalue weighted by atomic mass is 32.2. The van der Waals surface area contributed by atoms with Gasteiger partial charge in [-0.25, -0.2) is 8.42 Å². The SMILES string of the molecule is CCN(CC(N)=O)S(=O)(=O)c1ccc2c(c1)OCCO2. The summed E-state index contributed by atoms with van der Waals surface area (Å²) in [5.74, 6) is 0.188. The van der Waals surface area contributed by atoms with Crippen molar-refractivity contribution in [3.63, 3.8) is 0 Å². The first-order chi connectivity index (χ1) is 9.45. The van der Waals surface area contributed by atoms with Crippen LogP contribution in [0.4, 0.5) is 0 Å². The van der Waals surface area contributed by atoms with Gasteiger partial charge in [0, 0.05) is 12.6 Å². The zero-order valence-corrected chi connectivity index (χ0v) is 11.9. The molecule has 0 spiro atoms. The number of hydrogen-bond acceptors (Lipinski definition) is 5. The van der Waals surface area contributed by atoms with E-state index in [9.17, 15) is 13.2 Å². The molecule has 1 amide bonds. The predicted octanol–water partition coefficient (Wildman–Crippen LogP) is -0.0463. The molecule has 0 saturated carbocycles. The summed E-state index contributed by atoms with van der Waals surface area (Å²) in [4.78, 5) is 11.0. The van der Waals surface area contributed by atoms with Crippen molar-refractivity contribution in [2.45, 2.75) is 11.8 Å². The molecule has 1 heterocycles. The van der Waals surface area contributed by atoms with Crippen molar-refractivity contribution in [2.75, 3.05) is 26.3 Å². The molecule has 0 aromatic heterocycles. The normalized spacial score (nSPS) is 14.3. The van der Waals surface area contributed by atoms with Gasteiger partial charge in [-0.2, -0.15) is 4.31 Å². The summed E-state index contributed by atoms with van der Waals surface area (Å²) in [6.07, 6.45) is 0. The number of ether oxygens (including phenoxy) is 2. The number of sulfonamides is 1. The fourth-order valence-electron chi connectivity index (χ4n) is 1.87. The summed E-state index contributed by atoms with van der Waals surface area (Å²) in [6.45, 7) is 2.24. The van der Waals surface area contributed by atoms with E-state index < -0.39 is 15.9 Å². The van der Waals surface area contributed by atoms with Gasteiger partial charge in [0.1, 0.15) is 13.2 Å². The van der Waals surface area contributed by atoms with Crippen LogP contribution in [0.2, 0.25) is 0 Å². The first-order valence-electron chi connectivity index (χ1n) is 6.13. The number of likely N-dealkylation sites (N-methyl/N-ethyl adjacent to an activating group) is 1. The van der Waals surface area contributed by atoms with E-state index in [4.69, 9.17) is 15.2 Å². The number of nitrogens with two attached hydrogens (primary N) is 1. The maximum Gasteiger partial charge on any atom is 0.243 e. The van der Waals surface area contributed by atoms with Crippen molar-refractivity contribution in [3.8, 4) is 11.5 Å². The summed E-state index contributed by atoms with van der Waals surface area (Å²) < 4.78 is 36.5. The Morgan fingerprint density at radius 1 is 1.30 bits per heavy atom. The molecule has 1 aliphatic rings. The smallest absolute Gasteiger partial charge is 0.243 e. The van der Waals surface area contributed by atoms with Crippen LogP contribution in [0.25, 0.3) is 0 Å². The van der Waals surface area contributed by atoms with Crippen LogP contribution in [-0.4, -0.2) is 44.9 Å². The minimum atomic E-state index is -3.78. The Hall–Kier alpha value is -1.80. The van der Waals surface area contributed by atoms with E-state index in [1.165, 1.54) is 12.1 Å². The van der Waals surface area contributed by atoms with Crippen LogP contribution in [0, 0.1) is 0 Å². The molecular weight excluding hydrogens is 284 g/mol. The highest BCUT2D eigenvalue weighted by Gasteiger charge is 2.26. The number of carbonyl (C=O) groups excluding carboxylic acids is 1. The van der Waals surface area contributed by atoms with E-state index in [1.807, 2.05) is 0 Å². The molecule has 0 unspecified atom stereocenters. The Kier molecular flexibility index (Phi) is 4.15. The summed E-state index contributed by atoms with van der Waals surface area (Å²) in [5.41, 5.74) is 5.06. The van der Waals surface area contributed by atoms with Crippen LogP contribution >= 0.6 is 0 Å². The van der Waals surface area contributed by atoms with Crippen LogP contribution in [0.3, 0.4) is 0 Å². The standard InChI is InChI=1S/C12H16N2O5S/c1-2-14(8-12(13)15)20(16,17)9-3-4-10-11(7-9)19-6-5-18-10/h3-4,7H,2,5-6,8H2,1H3,(H2,13,15). The molecule has 110 valence electrons. The van der Waals surface area contributed by atoms with Gasteiger partial charge in [0.25, 0.3) is 0 Å². The molecule has 0 saturated heterocycles. The Labute approximate surface area is 117 Å². The van der Waals surface area contributed by atoms with Gasteiger partial charge in [-0.1, -0.05) is 6.92 Å². The lowest BCUT2D eigenvalue weighted by Crippen LogP contribution is -2.38. The minimum Gasteiger partial charge on any atom is -0.486 e. The summed E-state index contributed by atoms with van der Waals surface area (Å²) in [5, 5.41) is 0. The third kappa shape index (κ3) is 2.86. The van der Waals surface area contributed by atoms with Crippen LogP contribution in [0.5, 0.6) is 11.5 Å². The van der Waals surface area contributed by atoms with Gasteiger partial charge >= 0.3 is 0 Å². The lowest BCUT2D eigenvalue weighted by atomic mass is 10.3. The molecule has 1 aromatic carbocycles. The average molecular weight is 300 g/mol. The zero-order valence-electron chi connectivity index (χ0n) is 11.0. The second kappa shape index (κ2) is 5.68. The predicted molar refractivity (Wildman–Crippen MR) is 71.1 cm³/mol. The monoisotopic (exact) mass is 300 g/mol. The van der Waals surface area contributed by atoms with Gasteiger partial charge in [0.05, 0.1) is 11.4 Å². The van der Waals surface area contributed by atoms with E-state index in [-0.39, 0.29) is 18.0 Å². The van der Waals surface area contributed by atoms with E-state index >= 15 is 0 Å². The molecule has 20 heavy (non-hydrogen) atoms. The molecule has 1 aromatic rings. The maximum absolute atomic E-state index is 12.4. The van der Waals surface area contributed by atoms with E-state index in [1.54, 1.807) is 13.0 Å². The number of rotatable bonds is 5. The third-order valence-electron chi connectivity index (χ3n) is 2.84. The summed E-state index contributed by atoms with van der Waals surface area (Å²) >= 11 is 0. The van der Waals surface area contributed by atoms with Gasteiger partial charge in [0.2, 0.25) is 15.9 Å².